The van der Waals surface area contributed by atoms with Gasteiger partial charge in [-0.15, -0.1) is 6.58 Å². The molecule has 20 heavy (non-hydrogen) atoms. The molecule has 0 radical (unpaired) electrons. The first-order chi connectivity index (χ1) is 9.28. The second kappa shape index (κ2) is 4.65. The molecule has 0 aromatic carbocycles. The van der Waals surface area contributed by atoms with Crippen LogP contribution < -0.4 is 11.2 Å². The molecule has 1 aromatic heterocycles. The van der Waals surface area contributed by atoms with Crippen LogP contribution in [0.5, 0.6) is 0 Å². The van der Waals surface area contributed by atoms with Crippen molar-refractivity contribution in [2.75, 3.05) is 6.61 Å². The van der Waals surface area contributed by atoms with E-state index in [4.69, 9.17) is 9.84 Å². The Labute approximate surface area is 112 Å². The standard InChI is InChI=1S/C12H15FN2O5/c1-3-11(2)8(18)12(13,6-16)20-9(11)15-5-4-7(17)14-10(15)19/h3-5,8-9,16,18H,1,6H2,2H3,(H,14,17,19)/t8-,9+,11+,12+/m0/s1. The normalized spacial score (nSPS) is 37.0. The van der Waals surface area contributed by atoms with Crippen LogP contribution in [0.1, 0.15) is 13.2 Å². The molecule has 3 N–H and O–H groups in total. The van der Waals surface area contributed by atoms with Crippen LogP contribution >= 0.6 is 0 Å². The van der Waals surface area contributed by atoms with Crippen LogP contribution in [0.25, 0.3) is 0 Å². The SMILES string of the molecule is C=C[C@@]1(C)[C@H](n2ccc(=O)[nH]c2=O)O[C@](F)(CO)[C@H]1O. The molecule has 0 bridgehead atoms. The third kappa shape index (κ3) is 1.92. The summed E-state index contributed by atoms with van der Waals surface area (Å²) in [6, 6.07) is 1.07. The monoisotopic (exact) mass is 286 g/mol. The van der Waals surface area contributed by atoms with Gasteiger partial charge in [-0.05, 0) is 6.92 Å². The quantitative estimate of drug-likeness (QED) is 0.636. The minimum Gasteiger partial charge on any atom is -0.390 e. The van der Waals surface area contributed by atoms with Gasteiger partial charge in [0.05, 0.1) is 5.41 Å². The number of H-pyrrole nitrogens is 1. The molecule has 2 heterocycles. The maximum atomic E-state index is 14.3. The maximum Gasteiger partial charge on any atom is 0.330 e. The van der Waals surface area contributed by atoms with E-state index in [9.17, 15) is 19.1 Å². The van der Waals surface area contributed by atoms with Crippen LogP contribution in [0.4, 0.5) is 4.39 Å². The molecule has 1 aromatic rings. The Bertz CT molecular complexity index is 641. The predicted octanol–water partition coefficient (Wildman–Crippen LogP) is -0.723. The van der Waals surface area contributed by atoms with Gasteiger partial charge in [-0.2, -0.15) is 0 Å². The first kappa shape index (κ1) is 14.6. The highest BCUT2D eigenvalue weighted by Gasteiger charge is 2.61. The van der Waals surface area contributed by atoms with E-state index in [2.05, 4.69) is 6.58 Å². The van der Waals surface area contributed by atoms with E-state index < -0.39 is 41.5 Å². The lowest BCUT2D eigenvalue weighted by Crippen LogP contribution is -2.44. The van der Waals surface area contributed by atoms with E-state index in [-0.39, 0.29) is 0 Å². The topological polar surface area (TPSA) is 105 Å². The molecule has 2 rings (SSSR count). The number of rotatable bonds is 3. The number of hydrogen-bond donors (Lipinski definition) is 3. The van der Waals surface area contributed by atoms with Crippen molar-refractivity contribution < 1.29 is 19.3 Å². The number of ether oxygens (including phenoxy) is 1. The third-order valence-electron chi connectivity index (χ3n) is 3.60. The number of halogens is 1. The summed E-state index contributed by atoms with van der Waals surface area (Å²) in [6.45, 7) is 3.87. The van der Waals surface area contributed by atoms with Gasteiger partial charge in [-0.25, -0.2) is 9.18 Å². The molecule has 7 nitrogen and oxygen atoms in total. The molecular weight excluding hydrogens is 271 g/mol. The second-order valence-electron chi connectivity index (χ2n) is 4.90. The van der Waals surface area contributed by atoms with Crippen LogP contribution in [0.3, 0.4) is 0 Å². The highest BCUT2D eigenvalue weighted by Crippen LogP contribution is 2.50. The molecule has 0 unspecified atom stereocenters. The van der Waals surface area contributed by atoms with E-state index in [0.29, 0.717) is 0 Å². The fourth-order valence-electron chi connectivity index (χ4n) is 2.28. The van der Waals surface area contributed by atoms with E-state index in [1.54, 1.807) is 0 Å². The van der Waals surface area contributed by atoms with Gasteiger partial charge < -0.3 is 14.9 Å². The van der Waals surface area contributed by atoms with E-state index >= 15 is 0 Å². The van der Waals surface area contributed by atoms with Crippen LogP contribution in [0, 0.1) is 5.41 Å². The Hall–Kier alpha value is -1.77. The highest BCUT2D eigenvalue weighted by atomic mass is 19.2. The summed E-state index contributed by atoms with van der Waals surface area (Å²) < 4.78 is 20.3. The molecule has 1 fully saturated rings. The maximum absolute atomic E-state index is 14.3. The number of nitrogens with one attached hydrogen (secondary N) is 1. The average Bonchev–Trinajstić information content (AvgIpc) is 2.62. The van der Waals surface area contributed by atoms with Crippen molar-refractivity contribution >= 4 is 0 Å². The summed E-state index contributed by atoms with van der Waals surface area (Å²) in [5.74, 6) is -2.72. The van der Waals surface area contributed by atoms with Crippen molar-refractivity contribution in [2.45, 2.75) is 25.1 Å². The fraction of sp³-hybridized carbons (Fsp3) is 0.500. The molecule has 1 aliphatic heterocycles. The molecule has 4 atom stereocenters. The minimum atomic E-state index is -2.72. The molecule has 8 heteroatoms. The van der Waals surface area contributed by atoms with Crippen molar-refractivity contribution in [3.05, 3.63) is 45.8 Å². The minimum absolute atomic E-state index is 0.612. The second-order valence-corrected chi connectivity index (χ2v) is 4.90. The molecule has 0 spiro atoms. The van der Waals surface area contributed by atoms with Crippen molar-refractivity contribution in [2.24, 2.45) is 5.41 Å². The van der Waals surface area contributed by atoms with Gasteiger partial charge in [0.1, 0.15) is 12.7 Å². The zero-order chi connectivity index (χ0) is 15.1. The highest BCUT2D eigenvalue weighted by molar-refractivity contribution is 5.10. The fourth-order valence-corrected chi connectivity index (χ4v) is 2.28. The average molecular weight is 286 g/mol. The molecule has 110 valence electrons. The van der Waals surface area contributed by atoms with Crippen LogP contribution in [0.2, 0.25) is 0 Å². The van der Waals surface area contributed by atoms with Crippen LogP contribution in [-0.4, -0.2) is 38.3 Å². The Morgan fingerprint density at radius 2 is 2.30 bits per heavy atom. The number of aromatic amines is 1. The lowest BCUT2D eigenvalue weighted by Gasteiger charge is -2.29. The predicted molar refractivity (Wildman–Crippen MR) is 66.7 cm³/mol. The Kier molecular flexibility index (Phi) is 3.41. The smallest absolute Gasteiger partial charge is 0.330 e. The molecular formula is C12H15FN2O5. The Morgan fingerprint density at radius 1 is 1.65 bits per heavy atom. The molecule has 0 amide bonds. The van der Waals surface area contributed by atoms with Gasteiger partial charge in [0, 0.05) is 12.3 Å². The van der Waals surface area contributed by atoms with Gasteiger partial charge in [0.2, 0.25) is 0 Å². The van der Waals surface area contributed by atoms with Crippen molar-refractivity contribution in [1.29, 1.82) is 0 Å². The molecule has 1 aliphatic rings. The van der Waals surface area contributed by atoms with Gasteiger partial charge in [-0.1, -0.05) is 6.08 Å². The summed E-state index contributed by atoms with van der Waals surface area (Å²) in [7, 11) is 0. The summed E-state index contributed by atoms with van der Waals surface area (Å²) in [5.41, 5.74) is -2.79. The van der Waals surface area contributed by atoms with E-state index in [0.717, 1.165) is 16.8 Å². The van der Waals surface area contributed by atoms with Crippen LogP contribution in [-0.2, 0) is 4.74 Å². The van der Waals surface area contributed by atoms with Gasteiger partial charge in [-0.3, -0.25) is 14.3 Å². The van der Waals surface area contributed by atoms with Gasteiger partial charge >= 0.3 is 5.69 Å². The Balaban J connectivity index is 2.58. The summed E-state index contributed by atoms with van der Waals surface area (Å²) >= 11 is 0. The number of aliphatic hydroxyl groups is 2. The lowest BCUT2D eigenvalue weighted by atomic mass is 9.82. The van der Waals surface area contributed by atoms with Gasteiger partial charge in [0.25, 0.3) is 11.4 Å². The zero-order valence-corrected chi connectivity index (χ0v) is 10.7. The van der Waals surface area contributed by atoms with Crippen molar-refractivity contribution in [3.63, 3.8) is 0 Å². The van der Waals surface area contributed by atoms with Crippen LogP contribution in [0.15, 0.2) is 34.5 Å². The number of aromatic nitrogens is 2. The zero-order valence-electron chi connectivity index (χ0n) is 10.7. The number of alkyl halides is 1. The molecule has 0 saturated carbocycles. The van der Waals surface area contributed by atoms with Crippen molar-refractivity contribution in [1.82, 2.24) is 9.55 Å². The number of hydrogen-bond acceptors (Lipinski definition) is 5. The molecule has 0 aliphatic carbocycles. The number of aliphatic hydroxyl groups excluding tert-OH is 2. The first-order valence-corrected chi connectivity index (χ1v) is 5.89. The number of nitrogens with zero attached hydrogens (tertiary/aromatic N) is 1. The third-order valence-corrected chi connectivity index (χ3v) is 3.60. The summed E-state index contributed by atoms with van der Waals surface area (Å²) in [6.07, 6.45) is -0.599. The Morgan fingerprint density at radius 3 is 2.80 bits per heavy atom. The van der Waals surface area contributed by atoms with Gasteiger partial charge in [0.15, 0.2) is 6.23 Å². The summed E-state index contributed by atoms with van der Waals surface area (Å²) in [4.78, 5) is 24.8. The van der Waals surface area contributed by atoms with E-state index in [1.807, 2.05) is 4.98 Å². The first-order valence-electron chi connectivity index (χ1n) is 5.89. The lowest BCUT2D eigenvalue weighted by molar-refractivity contribution is -0.207. The van der Waals surface area contributed by atoms with Crippen molar-refractivity contribution in [3.8, 4) is 0 Å². The molecule has 1 saturated heterocycles. The van der Waals surface area contributed by atoms with E-state index in [1.165, 1.54) is 13.0 Å². The largest absolute Gasteiger partial charge is 0.390 e. The summed E-state index contributed by atoms with van der Waals surface area (Å²) in [5, 5.41) is 19.1.